The van der Waals surface area contributed by atoms with Gasteiger partial charge in [0.25, 0.3) is 0 Å². The van der Waals surface area contributed by atoms with Crippen LogP contribution in [0.4, 0.5) is 0 Å². The van der Waals surface area contributed by atoms with Gasteiger partial charge < -0.3 is 4.43 Å². The molecular weight excluding hydrogens is 240 g/mol. The summed E-state index contributed by atoms with van der Waals surface area (Å²) in [5.74, 6) is 0. The molecule has 0 atom stereocenters. The largest absolute Gasteiger partial charge is 0.550 e. The van der Waals surface area contributed by atoms with Crippen molar-refractivity contribution in [3.05, 3.63) is 12.0 Å². The van der Waals surface area contributed by atoms with Crippen molar-refractivity contribution in [2.24, 2.45) is 0 Å². The van der Waals surface area contributed by atoms with Crippen molar-refractivity contribution < 1.29 is 4.43 Å². The summed E-state index contributed by atoms with van der Waals surface area (Å²) >= 11 is 0. The van der Waals surface area contributed by atoms with Gasteiger partial charge in [0, 0.05) is 0 Å². The first kappa shape index (κ1) is 17.0. The summed E-state index contributed by atoms with van der Waals surface area (Å²) in [5.41, 5.74) is 2.35. The normalized spacial score (nSPS) is 15.4. The molecule has 0 saturated carbocycles. The Labute approximate surface area is 111 Å². The molecule has 0 aromatic carbocycles. The van der Waals surface area contributed by atoms with Crippen LogP contribution in [0.5, 0.6) is 0 Å². The Morgan fingerprint density at radius 2 is 1.18 bits per heavy atom. The zero-order valence-electron chi connectivity index (χ0n) is 13.6. The lowest BCUT2D eigenvalue weighted by atomic mass is 10.2. The lowest BCUT2D eigenvalue weighted by molar-refractivity contribution is 0.430. The van der Waals surface area contributed by atoms with Gasteiger partial charge in [-0.15, -0.1) is 0 Å². The van der Waals surface area contributed by atoms with Crippen molar-refractivity contribution in [3.8, 4) is 0 Å². The predicted molar refractivity (Wildman–Crippen MR) is 84.6 cm³/mol. The van der Waals surface area contributed by atoms with Crippen molar-refractivity contribution in [1.29, 1.82) is 0 Å². The van der Waals surface area contributed by atoms with E-state index in [0.29, 0.717) is 5.04 Å². The number of hydrogen-bond acceptors (Lipinski definition) is 1. The van der Waals surface area contributed by atoms with E-state index in [1.807, 2.05) is 6.26 Å². The molecule has 0 aliphatic rings. The molecule has 0 aromatic heterocycles. The van der Waals surface area contributed by atoms with E-state index in [-0.39, 0.29) is 5.04 Å². The molecule has 1 nitrogen and oxygen atoms in total. The van der Waals surface area contributed by atoms with E-state index in [9.17, 15) is 0 Å². The topological polar surface area (TPSA) is 9.23 Å². The highest BCUT2D eigenvalue weighted by Gasteiger charge is 2.38. The van der Waals surface area contributed by atoms with Crippen LogP contribution in [0.1, 0.15) is 41.5 Å². The second kappa shape index (κ2) is 4.92. The predicted octanol–water partition coefficient (Wildman–Crippen LogP) is 5.57. The van der Waals surface area contributed by atoms with Crippen LogP contribution in [0.15, 0.2) is 12.0 Å². The van der Waals surface area contributed by atoms with Crippen LogP contribution in [0.2, 0.25) is 36.3 Å². The molecule has 0 amide bonds. The lowest BCUT2D eigenvalue weighted by Gasteiger charge is -2.37. The number of hydrogen-bond donors (Lipinski definition) is 0. The molecule has 3 heteroatoms. The Bertz CT molecular complexity index is 278. The molecule has 0 heterocycles. The van der Waals surface area contributed by atoms with Gasteiger partial charge in [0.1, 0.15) is 0 Å². The maximum absolute atomic E-state index is 6.12. The van der Waals surface area contributed by atoms with Gasteiger partial charge in [-0.3, -0.25) is 0 Å². The zero-order chi connectivity index (χ0) is 14.1. The van der Waals surface area contributed by atoms with Crippen molar-refractivity contribution >= 4 is 16.4 Å². The van der Waals surface area contributed by atoms with Crippen LogP contribution in [0.3, 0.4) is 0 Å². The van der Waals surface area contributed by atoms with E-state index in [0.717, 1.165) is 0 Å². The van der Waals surface area contributed by atoms with Crippen LogP contribution in [-0.2, 0) is 4.43 Å². The average molecular weight is 273 g/mol. The highest BCUT2D eigenvalue weighted by atomic mass is 28.4. The molecule has 102 valence electrons. The van der Waals surface area contributed by atoms with Crippen molar-refractivity contribution in [1.82, 2.24) is 0 Å². The molecule has 0 spiro atoms. The van der Waals surface area contributed by atoms with Gasteiger partial charge >= 0.3 is 0 Å². The van der Waals surface area contributed by atoms with E-state index in [2.05, 4.69) is 73.4 Å². The van der Waals surface area contributed by atoms with Gasteiger partial charge in [-0.25, -0.2) is 0 Å². The Balaban J connectivity index is 4.70. The van der Waals surface area contributed by atoms with Crippen LogP contribution >= 0.6 is 0 Å². The zero-order valence-corrected chi connectivity index (χ0v) is 15.6. The van der Waals surface area contributed by atoms with Crippen molar-refractivity contribution in [2.75, 3.05) is 0 Å². The molecule has 0 saturated heterocycles. The van der Waals surface area contributed by atoms with Gasteiger partial charge in [0.15, 0.2) is 0 Å². The molecule has 0 aromatic rings. The first-order chi connectivity index (χ1) is 7.21. The van der Waals surface area contributed by atoms with Gasteiger partial charge in [0.05, 0.1) is 14.3 Å². The Hall–Kier alpha value is -0.0262. The smallest absolute Gasteiger partial charge is 0.249 e. The summed E-state index contributed by atoms with van der Waals surface area (Å²) in [6.07, 6.45) is 2.01. The first-order valence-corrected chi connectivity index (χ1v) is 12.5. The number of rotatable bonds is 3. The summed E-state index contributed by atoms with van der Waals surface area (Å²) in [6.45, 7) is 23.2. The van der Waals surface area contributed by atoms with Gasteiger partial charge in [-0.05, 0) is 23.2 Å². The minimum atomic E-state index is -1.63. The van der Waals surface area contributed by atoms with E-state index >= 15 is 0 Å². The fraction of sp³-hybridized carbons (Fsp3) is 0.857. The molecule has 0 bridgehead atoms. The monoisotopic (exact) mass is 272 g/mol. The van der Waals surface area contributed by atoms with Crippen LogP contribution < -0.4 is 0 Å². The maximum Gasteiger partial charge on any atom is 0.249 e. The van der Waals surface area contributed by atoms with Crippen LogP contribution in [0, 0.1) is 0 Å². The molecular formula is C14H32OSi2. The van der Waals surface area contributed by atoms with Crippen LogP contribution in [0.25, 0.3) is 0 Å². The molecule has 17 heavy (non-hydrogen) atoms. The SMILES string of the molecule is CC(C)(C)[Si](C)(C)/C=C\O[Si](C)(C)C(C)(C)C. The van der Waals surface area contributed by atoms with Gasteiger partial charge in [0.2, 0.25) is 8.32 Å². The minimum absolute atomic E-state index is 0.283. The minimum Gasteiger partial charge on any atom is -0.550 e. The lowest BCUT2D eigenvalue weighted by Crippen LogP contribution is -2.40. The molecule has 0 radical (unpaired) electrons. The van der Waals surface area contributed by atoms with Crippen molar-refractivity contribution in [3.63, 3.8) is 0 Å². The standard InChI is InChI=1S/C14H32OSi2/c1-13(2,3)16(7,8)12-11-15-17(9,10)14(4,5)6/h11-12H,1-10H3/b12-11-. The summed E-state index contributed by atoms with van der Waals surface area (Å²) in [5, 5.41) is 0.672. The summed E-state index contributed by atoms with van der Waals surface area (Å²) in [6, 6.07) is 0. The first-order valence-electron chi connectivity index (χ1n) is 6.56. The van der Waals surface area contributed by atoms with Gasteiger partial charge in [-0.1, -0.05) is 60.3 Å². The molecule has 0 unspecified atom stereocenters. The fourth-order valence-corrected chi connectivity index (χ4v) is 2.61. The quantitative estimate of drug-likeness (QED) is 0.482. The van der Waals surface area contributed by atoms with E-state index in [1.165, 1.54) is 0 Å². The molecule has 0 aliphatic carbocycles. The molecule has 0 fully saturated rings. The Morgan fingerprint density at radius 1 is 0.765 bits per heavy atom. The highest BCUT2D eigenvalue weighted by molar-refractivity contribution is 6.84. The average Bonchev–Trinajstić information content (AvgIpc) is 1.98. The summed E-state index contributed by atoms with van der Waals surface area (Å²) in [7, 11) is -2.98. The summed E-state index contributed by atoms with van der Waals surface area (Å²) in [4.78, 5) is 0. The Kier molecular flexibility index (Phi) is 4.91. The second-order valence-electron chi connectivity index (χ2n) is 8.15. The molecule has 0 N–H and O–H groups in total. The van der Waals surface area contributed by atoms with E-state index < -0.39 is 16.4 Å². The second-order valence-corrected chi connectivity index (χ2v) is 18.2. The molecule has 0 rings (SSSR count). The fourth-order valence-electron chi connectivity index (χ4n) is 0.801. The third kappa shape index (κ3) is 4.62. The van der Waals surface area contributed by atoms with Gasteiger partial charge in [-0.2, -0.15) is 0 Å². The third-order valence-electron chi connectivity index (χ3n) is 4.59. The van der Waals surface area contributed by atoms with Crippen LogP contribution in [-0.4, -0.2) is 16.4 Å². The highest BCUT2D eigenvalue weighted by Crippen LogP contribution is 2.38. The van der Waals surface area contributed by atoms with E-state index in [4.69, 9.17) is 4.43 Å². The molecule has 0 aliphatic heterocycles. The van der Waals surface area contributed by atoms with Crippen molar-refractivity contribution in [2.45, 2.75) is 77.8 Å². The third-order valence-corrected chi connectivity index (χ3v) is 13.8. The summed E-state index contributed by atoms with van der Waals surface area (Å²) < 4.78 is 6.12. The van der Waals surface area contributed by atoms with E-state index in [1.54, 1.807) is 0 Å². The Morgan fingerprint density at radius 3 is 1.47 bits per heavy atom. The maximum atomic E-state index is 6.12.